The Bertz CT molecular complexity index is 665. The summed E-state index contributed by atoms with van der Waals surface area (Å²) in [6.07, 6.45) is 0. The van der Waals surface area contributed by atoms with Crippen molar-refractivity contribution >= 4 is 21.8 Å². The van der Waals surface area contributed by atoms with Gasteiger partial charge in [0.2, 0.25) is 0 Å². The molecule has 80 valence electrons. The highest BCUT2D eigenvalue weighted by atomic mass is 15.1. The molecule has 0 aliphatic rings. The van der Waals surface area contributed by atoms with Crippen molar-refractivity contribution in [2.24, 2.45) is 0 Å². The molecule has 2 nitrogen and oxygen atoms in total. The molecule has 0 saturated heterocycles. The van der Waals surface area contributed by atoms with Crippen molar-refractivity contribution in [1.82, 2.24) is 9.55 Å². The van der Waals surface area contributed by atoms with Crippen molar-refractivity contribution in [3.63, 3.8) is 0 Å². The molecular weight excluding hydrogens is 196 g/mol. The highest BCUT2D eigenvalue weighted by Gasteiger charge is 2.08. The van der Waals surface area contributed by atoms with Gasteiger partial charge in [0.05, 0.1) is 11.0 Å². The van der Waals surface area contributed by atoms with E-state index < -0.39 is 0 Å². The molecule has 0 aliphatic carbocycles. The predicted molar refractivity (Wildman–Crippen MR) is 67.7 cm³/mol. The fourth-order valence-electron chi connectivity index (χ4n) is 2.40. The van der Waals surface area contributed by atoms with Crippen LogP contribution in [0.3, 0.4) is 0 Å². The summed E-state index contributed by atoms with van der Waals surface area (Å²) >= 11 is 0. The Morgan fingerprint density at radius 2 is 1.94 bits per heavy atom. The van der Waals surface area contributed by atoms with E-state index >= 15 is 0 Å². The Morgan fingerprint density at radius 3 is 2.75 bits per heavy atom. The molecule has 0 saturated carbocycles. The second kappa shape index (κ2) is 3.34. The van der Waals surface area contributed by atoms with E-state index in [9.17, 15) is 0 Å². The first kappa shape index (κ1) is 9.40. The maximum atomic E-state index is 4.60. The number of hydrogen-bond donors (Lipinski definition) is 0. The molecular formula is C14H14N2. The Hall–Kier alpha value is -1.83. The molecule has 16 heavy (non-hydrogen) atoms. The fourth-order valence-corrected chi connectivity index (χ4v) is 2.40. The van der Waals surface area contributed by atoms with Gasteiger partial charge in [-0.05, 0) is 25.3 Å². The van der Waals surface area contributed by atoms with Gasteiger partial charge in [-0.25, -0.2) is 4.98 Å². The lowest BCUT2D eigenvalue weighted by molar-refractivity contribution is 0.755. The van der Waals surface area contributed by atoms with E-state index in [1.165, 1.54) is 16.3 Å². The first-order chi connectivity index (χ1) is 7.81. The lowest BCUT2D eigenvalue weighted by atomic mass is 10.1. The molecule has 0 spiro atoms. The Labute approximate surface area is 94.5 Å². The van der Waals surface area contributed by atoms with Crippen LogP contribution < -0.4 is 0 Å². The van der Waals surface area contributed by atoms with Crippen LogP contribution in [-0.2, 0) is 6.54 Å². The maximum Gasteiger partial charge on any atom is 0.106 e. The summed E-state index contributed by atoms with van der Waals surface area (Å²) in [6.45, 7) is 5.20. The summed E-state index contributed by atoms with van der Waals surface area (Å²) in [5.41, 5.74) is 2.36. The molecule has 0 fully saturated rings. The van der Waals surface area contributed by atoms with Gasteiger partial charge in [0.25, 0.3) is 0 Å². The van der Waals surface area contributed by atoms with Crippen molar-refractivity contribution in [2.45, 2.75) is 20.4 Å². The normalized spacial score (nSPS) is 11.4. The zero-order valence-electron chi connectivity index (χ0n) is 9.57. The van der Waals surface area contributed by atoms with Crippen LogP contribution >= 0.6 is 0 Å². The summed E-state index contributed by atoms with van der Waals surface area (Å²) in [6, 6.07) is 12.7. The molecule has 0 unspecified atom stereocenters. The zero-order valence-corrected chi connectivity index (χ0v) is 9.57. The van der Waals surface area contributed by atoms with Gasteiger partial charge in [0.1, 0.15) is 5.82 Å². The number of imidazole rings is 1. The minimum atomic E-state index is 0.969. The van der Waals surface area contributed by atoms with Crippen LogP contribution in [0.4, 0.5) is 0 Å². The molecule has 3 rings (SSSR count). The van der Waals surface area contributed by atoms with Gasteiger partial charge in [-0.3, -0.25) is 0 Å². The minimum Gasteiger partial charge on any atom is -0.328 e. The maximum absolute atomic E-state index is 4.60. The third kappa shape index (κ3) is 1.16. The second-order valence-corrected chi connectivity index (χ2v) is 4.06. The topological polar surface area (TPSA) is 17.8 Å². The fraction of sp³-hybridized carbons (Fsp3) is 0.214. The summed E-state index contributed by atoms with van der Waals surface area (Å²) in [5.74, 6) is 1.09. The summed E-state index contributed by atoms with van der Waals surface area (Å²) in [7, 11) is 0. The van der Waals surface area contributed by atoms with Gasteiger partial charge in [0, 0.05) is 11.9 Å². The zero-order chi connectivity index (χ0) is 11.1. The first-order valence-corrected chi connectivity index (χ1v) is 5.66. The van der Waals surface area contributed by atoms with Crippen LogP contribution in [0.5, 0.6) is 0 Å². The van der Waals surface area contributed by atoms with Crippen molar-refractivity contribution < 1.29 is 0 Å². The average molecular weight is 210 g/mol. The summed E-state index contributed by atoms with van der Waals surface area (Å²) in [5, 5.41) is 2.58. The summed E-state index contributed by atoms with van der Waals surface area (Å²) < 4.78 is 2.28. The van der Waals surface area contributed by atoms with E-state index in [-0.39, 0.29) is 0 Å². The summed E-state index contributed by atoms with van der Waals surface area (Å²) in [4.78, 5) is 4.60. The predicted octanol–water partition coefficient (Wildman–Crippen LogP) is 3.52. The Balaban J connectivity index is 2.57. The third-order valence-electron chi connectivity index (χ3n) is 3.14. The highest BCUT2D eigenvalue weighted by Crippen LogP contribution is 2.25. The van der Waals surface area contributed by atoms with Crippen LogP contribution in [0.1, 0.15) is 12.7 Å². The number of benzene rings is 2. The molecule has 0 atom stereocenters. The molecule has 0 radical (unpaired) electrons. The quantitative estimate of drug-likeness (QED) is 0.601. The largest absolute Gasteiger partial charge is 0.328 e. The van der Waals surface area contributed by atoms with E-state index in [0.29, 0.717) is 0 Å². The van der Waals surface area contributed by atoms with Crippen molar-refractivity contribution in [3.8, 4) is 0 Å². The van der Waals surface area contributed by atoms with Crippen molar-refractivity contribution in [2.75, 3.05) is 0 Å². The van der Waals surface area contributed by atoms with E-state index in [4.69, 9.17) is 0 Å². The molecule has 0 N–H and O–H groups in total. The molecule has 1 heterocycles. The standard InChI is InChI=1S/C14H14N2/c1-3-16-10(2)15-13-9-8-11-6-4-5-7-12(11)14(13)16/h4-9H,3H2,1-2H3. The van der Waals surface area contributed by atoms with Gasteiger partial charge in [-0.1, -0.05) is 30.3 Å². The Kier molecular flexibility index (Phi) is 1.96. The molecule has 0 bridgehead atoms. The second-order valence-electron chi connectivity index (χ2n) is 4.06. The molecule has 2 aromatic carbocycles. The average Bonchev–Trinajstić information content (AvgIpc) is 2.65. The van der Waals surface area contributed by atoms with E-state index in [2.05, 4.69) is 59.8 Å². The third-order valence-corrected chi connectivity index (χ3v) is 3.14. The van der Waals surface area contributed by atoms with Crippen LogP contribution in [0.25, 0.3) is 21.8 Å². The van der Waals surface area contributed by atoms with Gasteiger partial charge >= 0.3 is 0 Å². The molecule has 0 amide bonds. The van der Waals surface area contributed by atoms with Crippen LogP contribution in [0, 0.1) is 6.92 Å². The van der Waals surface area contributed by atoms with Crippen LogP contribution in [0.2, 0.25) is 0 Å². The smallest absolute Gasteiger partial charge is 0.106 e. The van der Waals surface area contributed by atoms with Crippen LogP contribution in [0.15, 0.2) is 36.4 Å². The Morgan fingerprint density at radius 1 is 1.12 bits per heavy atom. The van der Waals surface area contributed by atoms with Crippen LogP contribution in [-0.4, -0.2) is 9.55 Å². The number of aryl methyl sites for hydroxylation is 2. The van der Waals surface area contributed by atoms with Gasteiger partial charge in [0.15, 0.2) is 0 Å². The minimum absolute atomic E-state index is 0.969. The number of hydrogen-bond acceptors (Lipinski definition) is 1. The molecule has 0 aliphatic heterocycles. The number of rotatable bonds is 1. The molecule has 3 aromatic rings. The lowest BCUT2D eigenvalue weighted by Gasteiger charge is -2.05. The lowest BCUT2D eigenvalue weighted by Crippen LogP contribution is -1.96. The first-order valence-electron chi connectivity index (χ1n) is 5.66. The van der Waals surface area contributed by atoms with E-state index in [1.54, 1.807) is 0 Å². The highest BCUT2D eigenvalue weighted by molar-refractivity contribution is 6.04. The number of aromatic nitrogens is 2. The van der Waals surface area contributed by atoms with E-state index in [0.717, 1.165) is 17.9 Å². The number of fused-ring (bicyclic) bond motifs is 3. The van der Waals surface area contributed by atoms with Crippen molar-refractivity contribution in [3.05, 3.63) is 42.2 Å². The van der Waals surface area contributed by atoms with Gasteiger partial charge in [-0.2, -0.15) is 0 Å². The number of nitrogens with zero attached hydrogens (tertiary/aromatic N) is 2. The van der Waals surface area contributed by atoms with E-state index in [1.807, 2.05) is 0 Å². The SMILES string of the molecule is CCn1c(C)nc2ccc3ccccc3c21. The van der Waals surface area contributed by atoms with Gasteiger partial charge in [-0.15, -0.1) is 0 Å². The molecule has 1 aromatic heterocycles. The monoisotopic (exact) mass is 210 g/mol. The van der Waals surface area contributed by atoms with Crippen molar-refractivity contribution in [1.29, 1.82) is 0 Å². The molecule has 2 heteroatoms. The van der Waals surface area contributed by atoms with Gasteiger partial charge < -0.3 is 4.57 Å².